The van der Waals surface area contributed by atoms with Crippen molar-refractivity contribution in [3.8, 4) is 0 Å². The highest BCUT2D eigenvalue weighted by molar-refractivity contribution is 6.25. The fourth-order valence-corrected chi connectivity index (χ4v) is 2.55. The summed E-state index contributed by atoms with van der Waals surface area (Å²) in [5.74, 6) is -0.290. The molecule has 1 saturated heterocycles. The molecule has 1 aromatic rings. The maximum Gasteiger partial charge on any atom is 0.248 e. The fourth-order valence-electron chi connectivity index (χ4n) is 2.48. The fraction of sp³-hybridized carbons (Fsp3) is 0.375. The van der Waals surface area contributed by atoms with Gasteiger partial charge in [-0.05, 0) is 31.9 Å². The van der Waals surface area contributed by atoms with Crippen LogP contribution in [-0.4, -0.2) is 28.8 Å². The van der Waals surface area contributed by atoms with Gasteiger partial charge in [0.1, 0.15) is 11.6 Å². The van der Waals surface area contributed by atoms with Crippen molar-refractivity contribution in [3.05, 3.63) is 47.0 Å². The molecule has 4 nitrogen and oxygen atoms in total. The van der Waals surface area contributed by atoms with E-state index in [2.05, 4.69) is 5.32 Å². The molecule has 0 bridgehead atoms. The van der Waals surface area contributed by atoms with Crippen LogP contribution in [0.5, 0.6) is 0 Å². The molecule has 1 atom stereocenters. The molecule has 1 unspecified atom stereocenters. The first-order valence-corrected chi connectivity index (χ1v) is 7.24. The van der Waals surface area contributed by atoms with Crippen LogP contribution in [0.3, 0.4) is 0 Å². The molecule has 1 heterocycles. The number of hydrogen-bond acceptors (Lipinski definition) is 2. The number of piperazine rings is 1. The summed E-state index contributed by atoms with van der Waals surface area (Å²) in [5.41, 5.74) is 2.15. The van der Waals surface area contributed by atoms with Crippen LogP contribution >= 0.6 is 11.6 Å². The molecule has 21 heavy (non-hydrogen) atoms. The molecular weight excluding hydrogens is 288 g/mol. The Labute approximate surface area is 129 Å². The lowest BCUT2D eigenvalue weighted by Crippen LogP contribution is -2.64. The summed E-state index contributed by atoms with van der Waals surface area (Å²) in [5, 5.41) is 2.79. The summed E-state index contributed by atoms with van der Waals surface area (Å²) in [6, 6.07) is 8.67. The highest BCUT2D eigenvalue weighted by Crippen LogP contribution is 2.29. The molecular formula is C16H19ClN2O2. The average molecular weight is 307 g/mol. The number of rotatable bonds is 3. The zero-order chi connectivity index (χ0) is 15.6. The Morgan fingerprint density at radius 2 is 1.95 bits per heavy atom. The smallest absolute Gasteiger partial charge is 0.248 e. The Morgan fingerprint density at radius 3 is 2.52 bits per heavy atom. The van der Waals surface area contributed by atoms with Gasteiger partial charge in [0.25, 0.3) is 0 Å². The molecule has 1 N–H and O–H groups in total. The number of halogens is 1. The Bertz CT molecular complexity index is 581. The van der Waals surface area contributed by atoms with E-state index in [1.54, 1.807) is 18.7 Å². The van der Waals surface area contributed by atoms with Gasteiger partial charge in [-0.3, -0.25) is 9.59 Å². The molecule has 2 amide bonds. The molecule has 0 aromatic heterocycles. The number of nitrogens with zero attached hydrogens (tertiary/aromatic N) is 1. The number of benzene rings is 1. The second-order valence-electron chi connectivity index (χ2n) is 5.82. The molecule has 112 valence electrons. The Balaban J connectivity index is 2.44. The minimum atomic E-state index is -0.908. The second kappa shape index (κ2) is 5.90. The number of carbonyl (C=O) groups is 2. The van der Waals surface area contributed by atoms with Crippen molar-refractivity contribution in [3.63, 3.8) is 0 Å². The van der Waals surface area contributed by atoms with Crippen molar-refractivity contribution in [2.75, 3.05) is 6.54 Å². The number of nitrogens with one attached hydrogen (secondary N) is 1. The van der Waals surface area contributed by atoms with Crippen molar-refractivity contribution in [2.45, 2.75) is 32.4 Å². The summed E-state index contributed by atoms with van der Waals surface area (Å²) < 4.78 is 0. The normalized spacial score (nSPS) is 22.2. The maximum atomic E-state index is 12.7. The SMILES string of the molecule is C/C(=C/Cl)CN1C(=O)C(C)(C)NC(=O)C1c1ccccc1. The summed E-state index contributed by atoms with van der Waals surface area (Å²) in [4.78, 5) is 26.7. The van der Waals surface area contributed by atoms with Gasteiger partial charge < -0.3 is 10.2 Å². The Morgan fingerprint density at radius 1 is 1.33 bits per heavy atom. The monoisotopic (exact) mass is 306 g/mol. The van der Waals surface area contributed by atoms with Gasteiger partial charge >= 0.3 is 0 Å². The van der Waals surface area contributed by atoms with Crippen molar-refractivity contribution in [1.82, 2.24) is 10.2 Å². The van der Waals surface area contributed by atoms with Crippen molar-refractivity contribution in [2.24, 2.45) is 0 Å². The third kappa shape index (κ3) is 3.10. The summed E-state index contributed by atoms with van der Waals surface area (Å²) in [6.45, 7) is 5.59. The topological polar surface area (TPSA) is 49.4 Å². The van der Waals surface area contributed by atoms with Crippen molar-refractivity contribution in [1.29, 1.82) is 0 Å². The molecule has 5 heteroatoms. The zero-order valence-corrected chi connectivity index (χ0v) is 13.1. The first-order chi connectivity index (χ1) is 9.86. The third-order valence-corrected chi connectivity index (χ3v) is 3.89. The predicted molar refractivity (Wildman–Crippen MR) is 82.7 cm³/mol. The van der Waals surface area contributed by atoms with Gasteiger partial charge in [0, 0.05) is 12.1 Å². The lowest BCUT2D eigenvalue weighted by molar-refractivity contribution is -0.153. The lowest BCUT2D eigenvalue weighted by atomic mass is 9.93. The van der Waals surface area contributed by atoms with Gasteiger partial charge in [0.15, 0.2) is 0 Å². The lowest BCUT2D eigenvalue weighted by Gasteiger charge is -2.43. The maximum absolute atomic E-state index is 12.7. The summed E-state index contributed by atoms with van der Waals surface area (Å²) in [7, 11) is 0. The van der Waals surface area contributed by atoms with Crippen molar-refractivity contribution >= 4 is 23.4 Å². The second-order valence-corrected chi connectivity index (χ2v) is 6.03. The van der Waals surface area contributed by atoms with Gasteiger partial charge in [0.05, 0.1) is 0 Å². The van der Waals surface area contributed by atoms with Crippen LogP contribution in [0.1, 0.15) is 32.4 Å². The van der Waals surface area contributed by atoms with Crippen LogP contribution in [0, 0.1) is 0 Å². The quantitative estimate of drug-likeness (QED) is 0.933. The van der Waals surface area contributed by atoms with E-state index in [9.17, 15) is 9.59 Å². The molecule has 1 fully saturated rings. The molecule has 2 rings (SSSR count). The first-order valence-electron chi connectivity index (χ1n) is 6.80. The molecule has 0 aliphatic carbocycles. The zero-order valence-electron chi connectivity index (χ0n) is 12.4. The van der Waals surface area contributed by atoms with Crippen molar-refractivity contribution < 1.29 is 9.59 Å². The average Bonchev–Trinajstić information content (AvgIpc) is 2.45. The van der Waals surface area contributed by atoms with Gasteiger partial charge in [-0.1, -0.05) is 41.9 Å². The molecule has 1 aromatic carbocycles. The number of carbonyl (C=O) groups excluding carboxylic acids is 2. The molecule has 1 aliphatic heterocycles. The van der Waals surface area contributed by atoms with E-state index in [1.165, 1.54) is 5.54 Å². The summed E-state index contributed by atoms with van der Waals surface area (Å²) >= 11 is 5.72. The minimum absolute atomic E-state index is 0.117. The van der Waals surface area contributed by atoms with Crippen LogP contribution in [0.25, 0.3) is 0 Å². The van der Waals surface area contributed by atoms with E-state index in [1.807, 2.05) is 37.3 Å². The Kier molecular flexibility index (Phi) is 4.37. The van der Waals surface area contributed by atoms with Gasteiger partial charge in [-0.15, -0.1) is 0 Å². The molecule has 1 aliphatic rings. The van der Waals surface area contributed by atoms with E-state index in [-0.39, 0.29) is 11.8 Å². The third-order valence-electron chi connectivity index (χ3n) is 3.51. The van der Waals surface area contributed by atoms with E-state index in [4.69, 9.17) is 11.6 Å². The van der Waals surface area contributed by atoms with E-state index in [0.29, 0.717) is 6.54 Å². The predicted octanol–water partition coefficient (Wildman–Crippen LogP) is 2.61. The van der Waals surface area contributed by atoms with Crippen LogP contribution in [0.15, 0.2) is 41.4 Å². The standard InChI is InChI=1S/C16H19ClN2O2/c1-11(9-17)10-19-13(12-7-5-4-6-8-12)14(20)18-16(2,3)15(19)21/h4-9,13H,10H2,1-3H3,(H,18,20)/b11-9-. The van der Waals surface area contributed by atoms with Gasteiger partial charge in [0.2, 0.25) is 11.8 Å². The number of amides is 2. The number of hydrogen-bond donors (Lipinski definition) is 1. The highest BCUT2D eigenvalue weighted by Gasteiger charge is 2.45. The van der Waals surface area contributed by atoms with Gasteiger partial charge in [-0.2, -0.15) is 0 Å². The Hall–Kier alpha value is -1.81. The molecule has 0 saturated carbocycles. The van der Waals surface area contributed by atoms with Crippen LogP contribution < -0.4 is 5.32 Å². The first kappa shape index (κ1) is 15.6. The van der Waals surface area contributed by atoms with Crippen LogP contribution in [0.2, 0.25) is 0 Å². The molecule has 0 spiro atoms. The van der Waals surface area contributed by atoms with Crippen LogP contribution in [-0.2, 0) is 9.59 Å². The van der Waals surface area contributed by atoms with Gasteiger partial charge in [-0.25, -0.2) is 0 Å². The van der Waals surface area contributed by atoms with E-state index < -0.39 is 11.6 Å². The van der Waals surface area contributed by atoms with Crippen LogP contribution in [0.4, 0.5) is 0 Å². The summed E-state index contributed by atoms with van der Waals surface area (Å²) in [6.07, 6.45) is 0. The highest BCUT2D eigenvalue weighted by atomic mass is 35.5. The molecule has 0 radical (unpaired) electrons. The van der Waals surface area contributed by atoms with E-state index in [0.717, 1.165) is 11.1 Å². The largest absolute Gasteiger partial charge is 0.340 e. The minimum Gasteiger partial charge on any atom is -0.340 e. The van der Waals surface area contributed by atoms with E-state index >= 15 is 0 Å².